The molecular formula is C11H19N3O4S. The van der Waals surface area contributed by atoms with Crippen LogP contribution in [0.3, 0.4) is 0 Å². The average molecular weight is 289 g/mol. The first-order valence-corrected chi connectivity index (χ1v) is 7.31. The molecule has 0 radical (unpaired) electrons. The molecule has 1 rings (SSSR count). The number of carbonyl (C=O) groups excluding carboxylic acids is 2. The highest BCUT2D eigenvalue weighted by Gasteiger charge is 2.32. The predicted molar refractivity (Wildman–Crippen MR) is 71.9 cm³/mol. The molecule has 4 N–H and O–H groups in total. The van der Waals surface area contributed by atoms with E-state index in [1.54, 1.807) is 0 Å². The predicted octanol–water partition coefficient (Wildman–Crippen LogP) is -0.146. The molecule has 1 heterocycles. The minimum Gasteiger partial charge on any atom is -0.480 e. The Kier molecular flexibility index (Phi) is 6.48. The molecule has 0 aromatic carbocycles. The largest absolute Gasteiger partial charge is 0.480 e. The second-order valence-corrected chi connectivity index (χ2v) is 5.43. The van der Waals surface area contributed by atoms with E-state index in [4.69, 9.17) is 10.8 Å². The number of rotatable bonds is 6. The van der Waals surface area contributed by atoms with Crippen molar-refractivity contribution in [1.82, 2.24) is 10.2 Å². The number of carboxylic acids is 1. The fourth-order valence-corrected chi connectivity index (χ4v) is 2.81. The number of aliphatic carboxylic acids is 1. The number of carbonyl (C=O) groups is 3. The van der Waals surface area contributed by atoms with Gasteiger partial charge in [0, 0.05) is 31.0 Å². The van der Waals surface area contributed by atoms with E-state index in [2.05, 4.69) is 5.32 Å². The minimum atomic E-state index is -0.976. The van der Waals surface area contributed by atoms with E-state index < -0.39 is 12.0 Å². The van der Waals surface area contributed by atoms with E-state index in [0.29, 0.717) is 38.1 Å². The van der Waals surface area contributed by atoms with Crippen LogP contribution >= 0.6 is 11.8 Å². The Bertz CT molecular complexity index is 351. The van der Waals surface area contributed by atoms with Crippen molar-refractivity contribution >= 4 is 29.7 Å². The Labute approximate surface area is 115 Å². The highest BCUT2D eigenvalue weighted by Crippen LogP contribution is 2.16. The zero-order valence-electron chi connectivity index (χ0n) is 10.6. The van der Waals surface area contributed by atoms with Gasteiger partial charge < -0.3 is 21.1 Å². The van der Waals surface area contributed by atoms with Gasteiger partial charge in [-0.1, -0.05) is 0 Å². The molecule has 1 unspecified atom stereocenters. The molecule has 8 heteroatoms. The number of unbranched alkanes of at least 4 members (excludes halogenated alkanes) is 1. The van der Waals surface area contributed by atoms with Crippen LogP contribution in [0.1, 0.15) is 19.3 Å². The maximum Gasteiger partial charge on any atom is 0.327 e. The summed E-state index contributed by atoms with van der Waals surface area (Å²) in [5.41, 5.74) is 5.00. The van der Waals surface area contributed by atoms with Gasteiger partial charge in [0.1, 0.15) is 6.04 Å². The molecule has 0 saturated carbocycles. The number of nitrogens with zero attached hydrogens (tertiary/aromatic N) is 1. The Morgan fingerprint density at radius 1 is 1.37 bits per heavy atom. The maximum atomic E-state index is 11.9. The molecule has 0 spiro atoms. The third-order valence-corrected chi connectivity index (χ3v) is 3.82. The third kappa shape index (κ3) is 5.37. The van der Waals surface area contributed by atoms with Crippen molar-refractivity contribution in [3.8, 4) is 0 Å². The second-order valence-electron chi connectivity index (χ2n) is 4.28. The molecule has 19 heavy (non-hydrogen) atoms. The van der Waals surface area contributed by atoms with Gasteiger partial charge in [0.25, 0.3) is 0 Å². The molecule has 7 nitrogen and oxygen atoms in total. The number of hydrogen-bond donors (Lipinski definition) is 3. The number of nitrogens with one attached hydrogen (secondary N) is 1. The second kappa shape index (κ2) is 7.88. The number of urea groups is 1. The van der Waals surface area contributed by atoms with Crippen molar-refractivity contribution in [3.63, 3.8) is 0 Å². The number of primary amides is 1. The SMILES string of the molecule is NC(=O)CCCCNC(=O)N1CCSCC1C(=O)O. The van der Waals surface area contributed by atoms with Gasteiger partial charge in [-0.3, -0.25) is 4.79 Å². The molecule has 0 aliphatic carbocycles. The summed E-state index contributed by atoms with van der Waals surface area (Å²) in [5.74, 6) is -0.162. The first kappa shape index (κ1) is 15.6. The van der Waals surface area contributed by atoms with Crippen molar-refractivity contribution in [1.29, 1.82) is 0 Å². The topological polar surface area (TPSA) is 113 Å². The Morgan fingerprint density at radius 3 is 2.74 bits per heavy atom. The van der Waals surface area contributed by atoms with Crippen molar-refractivity contribution in [2.24, 2.45) is 5.73 Å². The smallest absolute Gasteiger partial charge is 0.327 e. The molecule has 0 bridgehead atoms. The average Bonchev–Trinajstić information content (AvgIpc) is 2.37. The van der Waals surface area contributed by atoms with Gasteiger partial charge >= 0.3 is 12.0 Å². The number of thioether (sulfide) groups is 1. The molecule has 1 fully saturated rings. The molecule has 1 atom stereocenters. The van der Waals surface area contributed by atoms with Crippen LogP contribution in [0.2, 0.25) is 0 Å². The molecule has 1 aliphatic heterocycles. The maximum absolute atomic E-state index is 11.9. The summed E-state index contributed by atoms with van der Waals surface area (Å²) in [7, 11) is 0. The molecule has 108 valence electrons. The van der Waals surface area contributed by atoms with Crippen molar-refractivity contribution in [2.45, 2.75) is 25.3 Å². The summed E-state index contributed by atoms with van der Waals surface area (Å²) in [4.78, 5) is 34.8. The van der Waals surface area contributed by atoms with Crippen LogP contribution in [0, 0.1) is 0 Å². The zero-order chi connectivity index (χ0) is 14.3. The van der Waals surface area contributed by atoms with E-state index in [0.717, 1.165) is 5.75 Å². The van der Waals surface area contributed by atoms with Crippen molar-refractivity contribution in [2.75, 3.05) is 24.6 Å². The summed E-state index contributed by atoms with van der Waals surface area (Å²) in [6.45, 7) is 0.858. The highest BCUT2D eigenvalue weighted by molar-refractivity contribution is 7.99. The number of carboxylic acid groups (broad SMARTS) is 1. The van der Waals surface area contributed by atoms with E-state index in [9.17, 15) is 14.4 Å². The quantitative estimate of drug-likeness (QED) is 0.589. The standard InChI is InChI=1S/C11H19N3O4S/c12-9(15)3-1-2-4-13-11(18)14-5-6-19-7-8(14)10(16)17/h8H,1-7H2,(H2,12,15)(H,13,18)(H,16,17). The van der Waals surface area contributed by atoms with E-state index >= 15 is 0 Å². The van der Waals surface area contributed by atoms with Crippen LogP contribution in [0.25, 0.3) is 0 Å². The molecule has 1 saturated heterocycles. The zero-order valence-corrected chi connectivity index (χ0v) is 11.4. The molecule has 0 aromatic rings. The fraction of sp³-hybridized carbons (Fsp3) is 0.727. The summed E-state index contributed by atoms with van der Waals surface area (Å²) >= 11 is 1.53. The van der Waals surface area contributed by atoms with Gasteiger partial charge in [0.2, 0.25) is 5.91 Å². The monoisotopic (exact) mass is 289 g/mol. The first-order valence-electron chi connectivity index (χ1n) is 6.15. The van der Waals surface area contributed by atoms with Gasteiger partial charge in [0.05, 0.1) is 0 Å². The molecule has 3 amide bonds. The van der Waals surface area contributed by atoms with Crippen molar-refractivity contribution < 1.29 is 19.5 Å². The number of hydrogen-bond acceptors (Lipinski definition) is 4. The molecular weight excluding hydrogens is 270 g/mol. The summed E-state index contributed by atoms with van der Waals surface area (Å²) in [6.07, 6.45) is 1.57. The highest BCUT2D eigenvalue weighted by atomic mass is 32.2. The Balaban J connectivity index is 2.30. The van der Waals surface area contributed by atoms with Gasteiger partial charge in [-0.05, 0) is 12.8 Å². The summed E-state index contributed by atoms with van der Waals surface area (Å²) in [6, 6.07) is -1.11. The van der Waals surface area contributed by atoms with E-state index in [-0.39, 0.29) is 11.9 Å². The van der Waals surface area contributed by atoms with Crippen LogP contribution in [0.5, 0.6) is 0 Å². The van der Waals surface area contributed by atoms with Gasteiger partial charge in [-0.2, -0.15) is 11.8 Å². The van der Waals surface area contributed by atoms with Crippen LogP contribution in [-0.2, 0) is 9.59 Å². The fourth-order valence-electron chi connectivity index (χ4n) is 1.77. The Morgan fingerprint density at radius 2 is 2.11 bits per heavy atom. The lowest BCUT2D eigenvalue weighted by molar-refractivity contribution is -0.141. The third-order valence-electron chi connectivity index (χ3n) is 2.80. The van der Waals surface area contributed by atoms with Gasteiger partial charge in [-0.15, -0.1) is 0 Å². The lowest BCUT2D eigenvalue weighted by Gasteiger charge is -2.32. The van der Waals surface area contributed by atoms with Gasteiger partial charge in [-0.25, -0.2) is 9.59 Å². The normalized spacial score (nSPS) is 18.9. The van der Waals surface area contributed by atoms with E-state index in [1.165, 1.54) is 16.7 Å². The van der Waals surface area contributed by atoms with Crippen LogP contribution < -0.4 is 11.1 Å². The minimum absolute atomic E-state index is 0.300. The molecule has 1 aliphatic rings. The lowest BCUT2D eigenvalue weighted by atomic mass is 10.2. The summed E-state index contributed by atoms with van der Waals surface area (Å²) in [5, 5.41) is 11.7. The van der Waals surface area contributed by atoms with Crippen molar-refractivity contribution in [3.05, 3.63) is 0 Å². The summed E-state index contributed by atoms with van der Waals surface area (Å²) < 4.78 is 0. The van der Waals surface area contributed by atoms with Gasteiger partial charge in [0.15, 0.2) is 0 Å². The van der Waals surface area contributed by atoms with Crippen LogP contribution in [0.4, 0.5) is 4.79 Å². The van der Waals surface area contributed by atoms with Crippen LogP contribution in [-0.4, -0.2) is 58.6 Å². The first-order chi connectivity index (χ1) is 9.02. The number of amides is 3. The Hall–Kier alpha value is -1.44. The number of nitrogens with two attached hydrogens (primary N) is 1. The van der Waals surface area contributed by atoms with Crippen LogP contribution in [0.15, 0.2) is 0 Å². The molecule has 0 aromatic heterocycles. The van der Waals surface area contributed by atoms with E-state index in [1.807, 2.05) is 0 Å². The lowest BCUT2D eigenvalue weighted by Crippen LogP contribution is -2.53.